The average molecular weight is 471 g/mol. The van der Waals surface area contributed by atoms with Crippen molar-refractivity contribution in [2.45, 2.75) is 85.1 Å². The lowest BCUT2D eigenvalue weighted by atomic mass is 10.5. The fourth-order valence-electron chi connectivity index (χ4n) is 0.273. The first-order chi connectivity index (χ1) is 13.0. The highest BCUT2D eigenvalue weighted by molar-refractivity contribution is 5.82. The molecule has 204 valence electrons. The van der Waals surface area contributed by atoms with E-state index in [2.05, 4.69) is 24.7 Å². The Morgan fingerprint density at radius 2 is 0.844 bits per heavy atom. The van der Waals surface area contributed by atoms with Crippen molar-refractivity contribution in [3.63, 3.8) is 0 Å². The first-order valence-corrected chi connectivity index (χ1v) is 9.22. The van der Waals surface area contributed by atoms with Crippen LogP contribution in [0, 0.1) is 0 Å². The Bertz CT molecular complexity index is 329. The van der Waals surface area contributed by atoms with E-state index in [0.29, 0.717) is 18.3 Å². The second-order valence-corrected chi connectivity index (χ2v) is 4.87. The van der Waals surface area contributed by atoms with Gasteiger partial charge in [-0.1, -0.05) is 43.6 Å². The normalized spacial score (nSPS) is 8.62. The Hall–Kier alpha value is -1.80. The predicted molar refractivity (Wildman–Crippen MR) is 158 cm³/mol. The summed E-state index contributed by atoms with van der Waals surface area (Å²) >= 11 is 0. The van der Waals surface area contributed by atoms with Crippen LogP contribution in [-0.4, -0.2) is 78.7 Å². The van der Waals surface area contributed by atoms with Crippen molar-refractivity contribution in [3.05, 3.63) is 0 Å². The highest BCUT2D eigenvalue weighted by Gasteiger charge is 1.81. The summed E-state index contributed by atoms with van der Waals surface area (Å²) in [7, 11) is 10.2. The number of amidine groups is 2. The summed E-state index contributed by atoms with van der Waals surface area (Å²) < 4.78 is 9.31. The van der Waals surface area contributed by atoms with Crippen LogP contribution in [0.1, 0.15) is 85.1 Å². The van der Waals surface area contributed by atoms with E-state index in [1.165, 1.54) is 0 Å². The fourth-order valence-corrected chi connectivity index (χ4v) is 0.273. The number of nitrogens with zero attached hydrogens (tertiary/aromatic N) is 4. The molecule has 0 aliphatic carbocycles. The molecule has 0 saturated heterocycles. The zero-order valence-corrected chi connectivity index (χ0v) is 21.2. The van der Waals surface area contributed by atoms with E-state index in [-0.39, 0.29) is 29.7 Å². The molecule has 0 radical (unpaired) electrons. The number of ether oxygens (including phenoxy) is 2. The van der Waals surface area contributed by atoms with Crippen molar-refractivity contribution in [3.8, 4) is 0 Å². The fraction of sp³-hybridized carbons (Fsp3) is 0.833. The van der Waals surface area contributed by atoms with Crippen LogP contribution in [0.5, 0.6) is 0 Å². The van der Waals surface area contributed by atoms with E-state index in [0.717, 1.165) is 18.0 Å². The number of rotatable bonds is 3. The predicted octanol–water partition coefficient (Wildman–Crippen LogP) is 6.03. The molecular weight excluding hydrogens is 404 g/mol. The van der Waals surface area contributed by atoms with Gasteiger partial charge in [-0.3, -0.25) is 20.0 Å². The zero-order valence-electron chi connectivity index (χ0n) is 21.2. The molecule has 0 aromatic heterocycles. The zero-order chi connectivity index (χ0) is 24.0. The van der Waals surface area contributed by atoms with Gasteiger partial charge >= 0.3 is 0 Å². The summed E-state index contributed by atoms with van der Waals surface area (Å²) in [6, 6.07) is 0. The number of aliphatic imine (C=N–C) groups is 4. The summed E-state index contributed by atoms with van der Waals surface area (Å²) in [5.41, 5.74) is 12.2. The highest BCUT2D eigenvalue weighted by atomic mass is 16.5. The van der Waals surface area contributed by atoms with Crippen LogP contribution in [-0.2, 0) is 9.47 Å². The summed E-state index contributed by atoms with van der Waals surface area (Å²) in [5.74, 6) is 1.26. The Labute approximate surface area is 205 Å². The molecule has 0 amide bonds. The molecule has 4 N–H and O–H groups in total. The molecular formula is C24H66N6O2. The third-order valence-corrected chi connectivity index (χ3v) is 2.18. The molecule has 32 heavy (non-hydrogen) atoms. The van der Waals surface area contributed by atoms with Gasteiger partial charge in [0.25, 0.3) is 0 Å². The van der Waals surface area contributed by atoms with Crippen molar-refractivity contribution in [2.75, 3.05) is 55.6 Å². The maximum atomic E-state index is 5.04. The summed E-state index contributed by atoms with van der Waals surface area (Å²) in [6.45, 7) is 16.8. The second kappa shape index (κ2) is 70.1. The average Bonchev–Trinajstić information content (AvgIpc) is 2.70. The van der Waals surface area contributed by atoms with Crippen LogP contribution in [0.2, 0.25) is 0 Å². The van der Waals surface area contributed by atoms with Gasteiger partial charge < -0.3 is 20.9 Å². The molecule has 0 saturated carbocycles. The van der Waals surface area contributed by atoms with Crippen LogP contribution in [0.25, 0.3) is 0 Å². The van der Waals surface area contributed by atoms with Crippen molar-refractivity contribution >= 4 is 23.1 Å². The minimum atomic E-state index is 0. The van der Waals surface area contributed by atoms with Gasteiger partial charge in [-0.05, 0) is 41.5 Å². The largest absolute Gasteiger partial charge is 0.388 e. The van der Waals surface area contributed by atoms with Gasteiger partial charge in [-0.2, -0.15) is 0 Å². The Balaban J connectivity index is -0.0000000227. The molecule has 8 nitrogen and oxygen atoms in total. The van der Waals surface area contributed by atoms with E-state index in [1.807, 2.05) is 41.5 Å². The Morgan fingerprint density at radius 1 is 0.625 bits per heavy atom. The lowest BCUT2D eigenvalue weighted by Crippen LogP contribution is -2.03. The molecule has 0 atom stereocenters. The molecule has 0 spiro atoms. The highest BCUT2D eigenvalue weighted by Crippen LogP contribution is 1.73. The Kier molecular flexibility index (Phi) is 138. The summed E-state index contributed by atoms with van der Waals surface area (Å²) in [4.78, 5) is 14.8. The molecule has 0 fully saturated rings. The lowest BCUT2D eigenvalue weighted by Gasteiger charge is -1.92. The van der Waals surface area contributed by atoms with Crippen LogP contribution >= 0.6 is 0 Å². The van der Waals surface area contributed by atoms with Crippen molar-refractivity contribution in [2.24, 2.45) is 31.4 Å². The standard InChI is InChI=1S/C5H11NO.C4H9N.2C3H8N2.C3H8O.C2H6.4CH4/c1-5(6-2)4-7-3;1-4(2)5-3;2*1-3(4)5-2;1-3-4-2;1-2;;;;/h4H2,1-3H3;1-3H3;2*1-2H3,(H2,4,5);3H2,1-2H3;1-2H3;4*1H4. The third-order valence-electron chi connectivity index (χ3n) is 2.18. The summed E-state index contributed by atoms with van der Waals surface area (Å²) in [6.07, 6.45) is 0. The van der Waals surface area contributed by atoms with Crippen molar-refractivity contribution in [1.82, 2.24) is 0 Å². The smallest absolute Gasteiger partial charge is 0.0902 e. The molecule has 0 aromatic carbocycles. The van der Waals surface area contributed by atoms with E-state index in [4.69, 9.17) is 16.2 Å². The van der Waals surface area contributed by atoms with Gasteiger partial charge in [0.1, 0.15) is 0 Å². The first-order valence-electron chi connectivity index (χ1n) is 9.22. The molecule has 0 unspecified atom stereocenters. The number of hydrogen-bond donors (Lipinski definition) is 2. The van der Waals surface area contributed by atoms with Crippen LogP contribution < -0.4 is 11.5 Å². The first kappa shape index (κ1) is 63.1. The quantitative estimate of drug-likeness (QED) is 0.386. The minimum absolute atomic E-state index is 0. The van der Waals surface area contributed by atoms with Crippen LogP contribution in [0.3, 0.4) is 0 Å². The van der Waals surface area contributed by atoms with E-state index < -0.39 is 0 Å². The van der Waals surface area contributed by atoms with Gasteiger partial charge in [0.2, 0.25) is 0 Å². The monoisotopic (exact) mass is 471 g/mol. The molecule has 0 bridgehead atoms. The Morgan fingerprint density at radius 3 is 0.875 bits per heavy atom. The van der Waals surface area contributed by atoms with E-state index in [9.17, 15) is 0 Å². The van der Waals surface area contributed by atoms with Gasteiger partial charge in [0.15, 0.2) is 0 Å². The molecule has 0 aliphatic rings. The molecule has 0 rings (SSSR count). The van der Waals surface area contributed by atoms with Gasteiger partial charge in [0.05, 0.1) is 18.3 Å². The number of methoxy groups -OCH3 is 2. The van der Waals surface area contributed by atoms with Crippen molar-refractivity contribution < 1.29 is 9.47 Å². The van der Waals surface area contributed by atoms with Crippen molar-refractivity contribution in [1.29, 1.82) is 0 Å². The molecule has 0 heterocycles. The maximum absolute atomic E-state index is 5.04. The SMILES string of the molecule is C.C.C.C.CC.CCOC.CN=C(C)C.CN=C(C)COC.CN=C(C)N.CN=C(C)N. The molecule has 0 aromatic rings. The topological polar surface area (TPSA) is 120 Å². The minimum Gasteiger partial charge on any atom is -0.388 e. The van der Waals surface area contributed by atoms with E-state index in [1.54, 1.807) is 56.3 Å². The lowest BCUT2D eigenvalue weighted by molar-refractivity contribution is 0.215. The van der Waals surface area contributed by atoms with Crippen LogP contribution in [0.4, 0.5) is 0 Å². The third kappa shape index (κ3) is 201. The molecule has 0 aliphatic heterocycles. The number of nitrogens with two attached hydrogens (primary N) is 2. The maximum Gasteiger partial charge on any atom is 0.0902 e. The van der Waals surface area contributed by atoms with E-state index >= 15 is 0 Å². The van der Waals surface area contributed by atoms with Gasteiger partial charge in [-0.15, -0.1) is 0 Å². The van der Waals surface area contributed by atoms with Gasteiger partial charge in [0, 0.05) is 60.4 Å². The summed E-state index contributed by atoms with van der Waals surface area (Å²) in [5, 5.41) is 0. The second-order valence-electron chi connectivity index (χ2n) is 4.87. The van der Waals surface area contributed by atoms with Gasteiger partial charge in [-0.25, -0.2) is 0 Å². The molecule has 8 heteroatoms. The van der Waals surface area contributed by atoms with Crippen LogP contribution in [0.15, 0.2) is 20.0 Å². The number of hydrogen-bond acceptors (Lipinski definition) is 6.